The fraction of sp³-hybridized carbons (Fsp3) is 0.267. The van der Waals surface area contributed by atoms with Crippen LogP contribution in [0.15, 0.2) is 45.4 Å². The highest BCUT2D eigenvalue weighted by Gasteiger charge is 2.28. The van der Waals surface area contributed by atoms with Crippen LogP contribution in [0.2, 0.25) is 0 Å². The maximum Gasteiger partial charge on any atom is 0.198 e. The van der Waals surface area contributed by atoms with E-state index in [4.69, 9.17) is 8.83 Å². The minimum Gasteiger partial charge on any atom is -0.467 e. The minimum absolute atomic E-state index is 0.548. The number of rotatable bonds is 4. The molecule has 0 radical (unpaired) electrons. The predicted octanol–water partition coefficient (Wildman–Crippen LogP) is 3.91. The number of fused-ring (bicyclic) bond motifs is 1. The van der Waals surface area contributed by atoms with Gasteiger partial charge in [-0.05, 0) is 43.2 Å². The molecule has 2 heterocycles. The zero-order chi connectivity index (χ0) is 12.7. The zero-order valence-corrected chi connectivity index (χ0v) is 10.4. The lowest BCUT2D eigenvalue weighted by Gasteiger charge is -2.03. The molecule has 1 aromatic carbocycles. The molecule has 0 unspecified atom stereocenters. The Kier molecular flexibility index (Phi) is 2.33. The average Bonchev–Trinajstić information content (AvgIpc) is 3.00. The van der Waals surface area contributed by atoms with Crippen LogP contribution in [0.25, 0.3) is 11.1 Å². The summed E-state index contributed by atoms with van der Waals surface area (Å²) < 4.78 is 11.0. The van der Waals surface area contributed by atoms with Gasteiger partial charge < -0.3 is 14.2 Å². The predicted molar refractivity (Wildman–Crippen MR) is 72.0 cm³/mol. The number of aromatic nitrogens is 1. The van der Waals surface area contributed by atoms with Gasteiger partial charge in [-0.15, -0.1) is 0 Å². The second kappa shape index (κ2) is 4.16. The van der Waals surface area contributed by atoms with Crippen molar-refractivity contribution in [3.63, 3.8) is 0 Å². The fourth-order valence-corrected chi connectivity index (χ4v) is 2.16. The van der Waals surface area contributed by atoms with Gasteiger partial charge in [0.15, 0.2) is 11.5 Å². The highest BCUT2D eigenvalue weighted by atomic mass is 16.3. The smallest absolute Gasteiger partial charge is 0.198 e. The van der Waals surface area contributed by atoms with Gasteiger partial charge in [-0.3, -0.25) is 0 Å². The van der Waals surface area contributed by atoms with E-state index in [0.717, 1.165) is 28.4 Å². The summed E-state index contributed by atoms with van der Waals surface area (Å²) in [6.45, 7) is 0.672. The van der Waals surface area contributed by atoms with E-state index in [1.54, 1.807) is 6.26 Å². The molecule has 4 nitrogen and oxygen atoms in total. The summed E-state index contributed by atoms with van der Waals surface area (Å²) in [6, 6.07) is 9.84. The van der Waals surface area contributed by atoms with Crippen LogP contribution >= 0.6 is 0 Å². The molecule has 0 bridgehead atoms. The van der Waals surface area contributed by atoms with Crippen LogP contribution in [0.1, 0.15) is 30.4 Å². The molecule has 0 saturated heterocycles. The van der Waals surface area contributed by atoms with Crippen LogP contribution in [0.3, 0.4) is 0 Å². The summed E-state index contributed by atoms with van der Waals surface area (Å²) in [6.07, 6.45) is 4.09. The van der Waals surface area contributed by atoms with E-state index in [9.17, 15) is 0 Å². The Labute approximate surface area is 110 Å². The number of oxazole rings is 1. The van der Waals surface area contributed by atoms with Crippen molar-refractivity contribution in [3.05, 3.63) is 48.2 Å². The number of hydrogen-bond donors (Lipinski definition) is 1. The first-order valence-corrected chi connectivity index (χ1v) is 6.55. The summed E-state index contributed by atoms with van der Waals surface area (Å²) in [4.78, 5) is 4.55. The quantitative estimate of drug-likeness (QED) is 0.766. The molecule has 0 amide bonds. The molecule has 1 aliphatic rings. The van der Waals surface area contributed by atoms with Crippen LogP contribution in [0.5, 0.6) is 0 Å². The van der Waals surface area contributed by atoms with E-state index in [2.05, 4.69) is 10.3 Å². The Hall–Kier alpha value is -2.23. The van der Waals surface area contributed by atoms with Gasteiger partial charge in [-0.2, -0.15) is 0 Å². The number of benzene rings is 1. The molecule has 4 rings (SSSR count). The molecule has 19 heavy (non-hydrogen) atoms. The normalized spacial score (nSPS) is 14.9. The van der Waals surface area contributed by atoms with Crippen molar-refractivity contribution in [2.24, 2.45) is 0 Å². The number of nitrogens with zero attached hydrogens (tertiary/aromatic N) is 1. The van der Waals surface area contributed by atoms with Crippen LogP contribution in [-0.2, 0) is 6.54 Å². The number of hydrogen-bond acceptors (Lipinski definition) is 4. The molecular weight excluding hydrogens is 240 g/mol. The third-order valence-corrected chi connectivity index (χ3v) is 3.38. The summed E-state index contributed by atoms with van der Waals surface area (Å²) in [5, 5.41) is 3.32. The first-order valence-electron chi connectivity index (χ1n) is 6.55. The molecule has 2 aromatic heterocycles. The second-order valence-corrected chi connectivity index (χ2v) is 4.94. The molecule has 3 aromatic rings. The Balaban J connectivity index is 1.56. The topological polar surface area (TPSA) is 51.2 Å². The molecule has 1 fully saturated rings. The minimum atomic E-state index is 0.548. The Morgan fingerprint density at radius 3 is 3.00 bits per heavy atom. The van der Waals surface area contributed by atoms with Crippen molar-refractivity contribution in [3.8, 4) is 0 Å². The maximum absolute atomic E-state index is 5.74. The average molecular weight is 254 g/mol. The van der Waals surface area contributed by atoms with E-state index >= 15 is 0 Å². The molecular formula is C15H14N2O2. The summed E-state index contributed by atoms with van der Waals surface area (Å²) in [5.74, 6) is 2.35. The fourth-order valence-electron chi connectivity index (χ4n) is 2.16. The SMILES string of the molecule is c1coc(CNc2ccc3oc(C4CC4)nc3c2)c1. The van der Waals surface area contributed by atoms with Crippen LogP contribution in [-0.4, -0.2) is 4.98 Å². The van der Waals surface area contributed by atoms with Crippen molar-refractivity contribution >= 4 is 16.8 Å². The highest BCUT2D eigenvalue weighted by Crippen LogP contribution is 2.40. The van der Waals surface area contributed by atoms with Crippen molar-refractivity contribution in [2.45, 2.75) is 25.3 Å². The molecule has 0 aliphatic heterocycles. The lowest BCUT2D eigenvalue weighted by Crippen LogP contribution is -1.97. The van der Waals surface area contributed by atoms with Gasteiger partial charge in [0, 0.05) is 11.6 Å². The largest absolute Gasteiger partial charge is 0.467 e. The molecule has 1 aliphatic carbocycles. The monoisotopic (exact) mass is 254 g/mol. The van der Waals surface area contributed by atoms with Gasteiger partial charge in [-0.25, -0.2) is 4.98 Å². The first-order chi connectivity index (χ1) is 9.38. The summed E-state index contributed by atoms with van der Waals surface area (Å²) in [7, 11) is 0. The van der Waals surface area contributed by atoms with Crippen molar-refractivity contribution < 1.29 is 8.83 Å². The molecule has 0 spiro atoms. The Bertz CT molecular complexity index is 696. The van der Waals surface area contributed by atoms with Crippen molar-refractivity contribution in [1.29, 1.82) is 0 Å². The number of furan rings is 1. The van der Waals surface area contributed by atoms with Gasteiger partial charge in [0.05, 0.1) is 12.8 Å². The molecule has 1 saturated carbocycles. The van der Waals surface area contributed by atoms with Crippen molar-refractivity contribution in [1.82, 2.24) is 4.98 Å². The van der Waals surface area contributed by atoms with Gasteiger partial charge in [0.25, 0.3) is 0 Å². The van der Waals surface area contributed by atoms with Gasteiger partial charge in [0.1, 0.15) is 11.3 Å². The van der Waals surface area contributed by atoms with Crippen molar-refractivity contribution in [2.75, 3.05) is 5.32 Å². The lowest BCUT2D eigenvalue weighted by molar-refractivity contribution is 0.518. The van der Waals surface area contributed by atoms with E-state index in [1.165, 1.54) is 12.8 Å². The van der Waals surface area contributed by atoms with Crippen LogP contribution < -0.4 is 5.32 Å². The van der Waals surface area contributed by atoms with E-state index in [1.807, 2.05) is 30.3 Å². The molecule has 0 atom stereocenters. The maximum atomic E-state index is 5.74. The third kappa shape index (κ3) is 2.10. The second-order valence-electron chi connectivity index (χ2n) is 4.94. The van der Waals surface area contributed by atoms with Crippen LogP contribution in [0.4, 0.5) is 5.69 Å². The van der Waals surface area contributed by atoms with E-state index < -0.39 is 0 Å². The Morgan fingerprint density at radius 2 is 2.21 bits per heavy atom. The van der Waals surface area contributed by atoms with E-state index in [0.29, 0.717) is 12.5 Å². The summed E-state index contributed by atoms with van der Waals surface area (Å²) in [5.41, 5.74) is 2.82. The standard InChI is InChI=1S/C15H14N2O2/c1-2-12(18-7-1)9-16-11-5-6-14-13(8-11)17-15(19-14)10-3-4-10/h1-2,5-8,10,16H,3-4,9H2. The van der Waals surface area contributed by atoms with Gasteiger partial charge >= 0.3 is 0 Å². The lowest BCUT2D eigenvalue weighted by atomic mass is 10.3. The number of anilines is 1. The van der Waals surface area contributed by atoms with Gasteiger partial charge in [-0.1, -0.05) is 0 Å². The van der Waals surface area contributed by atoms with E-state index in [-0.39, 0.29) is 0 Å². The summed E-state index contributed by atoms with van der Waals surface area (Å²) >= 11 is 0. The van der Waals surface area contributed by atoms with Gasteiger partial charge in [0.2, 0.25) is 0 Å². The number of nitrogens with one attached hydrogen (secondary N) is 1. The zero-order valence-electron chi connectivity index (χ0n) is 10.4. The molecule has 1 N–H and O–H groups in total. The molecule has 96 valence electrons. The third-order valence-electron chi connectivity index (χ3n) is 3.38. The molecule has 4 heteroatoms. The first kappa shape index (κ1) is 10.7. The van der Waals surface area contributed by atoms with Crippen LogP contribution in [0, 0.1) is 0 Å². The highest BCUT2D eigenvalue weighted by molar-refractivity contribution is 5.77. The Morgan fingerprint density at radius 1 is 1.26 bits per heavy atom.